The lowest BCUT2D eigenvalue weighted by atomic mass is 10.0. The smallest absolute Gasteiger partial charge is 0.342 e. The molecule has 0 bridgehead atoms. The first kappa shape index (κ1) is 26.9. The molecule has 0 aliphatic carbocycles. The van der Waals surface area contributed by atoms with E-state index in [2.05, 4.69) is 6.92 Å². The highest BCUT2D eigenvalue weighted by atomic mass is 16.6. The number of hydrogen-bond donors (Lipinski definition) is 1. The highest BCUT2D eigenvalue weighted by Gasteiger charge is 2.25. The molecule has 0 atom stereocenters. The number of carbonyl (C=O) groups is 1. The van der Waals surface area contributed by atoms with Crippen LogP contribution >= 0.6 is 0 Å². The summed E-state index contributed by atoms with van der Waals surface area (Å²) in [5, 5.41) is 20.3. The topological polar surface area (TPSA) is 89.7 Å². The van der Waals surface area contributed by atoms with E-state index in [1.807, 2.05) is 0 Å². The molecule has 0 saturated heterocycles. The molecule has 1 aromatic carbocycles. The lowest BCUT2D eigenvalue weighted by Crippen LogP contribution is -2.06. The first-order valence-electron chi connectivity index (χ1n) is 12.2. The van der Waals surface area contributed by atoms with Crippen molar-refractivity contribution in [3.8, 4) is 5.75 Å². The van der Waals surface area contributed by atoms with Crippen LogP contribution in [0.4, 0.5) is 5.69 Å². The maximum Gasteiger partial charge on any atom is 0.342 e. The van der Waals surface area contributed by atoms with Gasteiger partial charge in [0.05, 0.1) is 11.5 Å². The predicted octanol–water partition coefficient (Wildman–Crippen LogP) is 7.93. The second-order valence-electron chi connectivity index (χ2n) is 8.37. The Morgan fingerprint density at radius 3 is 1.71 bits per heavy atom. The number of nitrogens with zero attached hydrogens (tertiary/aromatic N) is 1. The van der Waals surface area contributed by atoms with Crippen molar-refractivity contribution in [3.05, 3.63) is 33.9 Å². The van der Waals surface area contributed by atoms with Gasteiger partial charge in [-0.1, -0.05) is 109 Å². The van der Waals surface area contributed by atoms with E-state index in [9.17, 15) is 14.9 Å². The van der Waals surface area contributed by atoms with Crippen LogP contribution in [0.15, 0.2) is 18.2 Å². The molecule has 0 heterocycles. The third kappa shape index (κ3) is 12.4. The predicted molar refractivity (Wildman–Crippen MR) is 125 cm³/mol. The largest absolute Gasteiger partial charge is 0.487 e. The lowest BCUT2D eigenvalue weighted by Gasteiger charge is -2.08. The van der Waals surface area contributed by atoms with Crippen LogP contribution in [-0.2, 0) is 0 Å². The second-order valence-corrected chi connectivity index (χ2v) is 8.37. The number of aromatic carboxylic acids is 1. The molecule has 6 nitrogen and oxygen atoms in total. The van der Waals surface area contributed by atoms with Crippen molar-refractivity contribution in [1.29, 1.82) is 0 Å². The highest BCUT2D eigenvalue weighted by molar-refractivity contribution is 5.93. The number of nitro benzene ring substituents is 1. The van der Waals surface area contributed by atoms with Crippen LogP contribution in [0.25, 0.3) is 0 Å². The monoisotopic (exact) mass is 435 g/mol. The zero-order valence-corrected chi connectivity index (χ0v) is 19.3. The third-order valence-electron chi connectivity index (χ3n) is 5.67. The van der Waals surface area contributed by atoms with Crippen molar-refractivity contribution in [3.63, 3.8) is 0 Å². The van der Waals surface area contributed by atoms with Gasteiger partial charge in [0.25, 0.3) is 0 Å². The molecule has 0 saturated carbocycles. The van der Waals surface area contributed by atoms with Crippen LogP contribution in [0.2, 0.25) is 0 Å². The first-order chi connectivity index (χ1) is 15.1. The van der Waals surface area contributed by atoms with Crippen LogP contribution in [0, 0.1) is 10.1 Å². The lowest BCUT2D eigenvalue weighted by molar-refractivity contribution is -0.386. The van der Waals surface area contributed by atoms with Crippen LogP contribution in [0.5, 0.6) is 5.75 Å². The average molecular weight is 436 g/mol. The minimum atomic E-state index is -1.32. The molecule has 0 spiro atoms. The fourth-order valence-electron chi connectivity index (χ4n) is 3.83. The van der Waals surface area contributed by atoms with Crippen LogP contribution in [0.1, 0.15) is 120 Å². The summed E-state index contributed by atoms with van der Waals surface area (Å²) in [5.74, 6) is -1.29. The summed E-state index contributed by atoms with van der Waals surface area (Å²) in [5.41, 5.74) is -0.805. The maximum absolute atomic E-state index is 11.2. The average Bonchev–Trinajstić information content (AvgIpc) is 2.75. The zero-order chi connectivity index (χ0) is 22.7. The summed E-state index contributed by atoms with van der Waals surface area (Å²) in [6.45, 7) is 2.62. The van der Waals surface area contributed by atoms with Gasteiger partial charge >= 0.3 is 11.7 Å². The molecule has 6 heteroatoms. The van der Waals surface area contributed by atoms with Gasteiger partial charge < -0.3 is 9.84 Å². The normalized spacial score (nSPS) is 10.9. The number of ether oxygens (including phenoxy) is 1. The van der Waals surface area contributed by atoms with Crippen molar-refractivity contribution in [1.82, 2.24) is 0 Å². The third-order valence-corrected chi connectivity index (χ3v) is 5.67. The number of benzene rings is 1. The Hall–Kier alpha value is -2.11. The summed E-state index contributed by atoms with van der Waals surface area (Å²) in [4.78, 5) is 21.7. The SMILES string of the molecule is CCCCCCCCCCCCCCCCCCOc1cccc(C(=O)O)c1[N+](=O)[O-]. The second kappa shape index (κ2) is 17.6. The summed E-state index contributed by atoms with van der Waals surface area (Å²) in [6.07, 6.45) is 20.5. The van der Waals surface area contributed by atoms with Gasteiger partial charge in [-0.05, 0) is 18.6 Å². The summed E-state index contributed by atoms with van der Waals surface area (Å²) >= 11 is 0. The van der Waals surface area contributed by atoms with E-state index >= 15 is 0 Å². The highest BCUT2D eigenvalue weighted by Crippen LogP contribution is 2.31. The minimum absolute atomic E-state index is 0.0332. The molecule has 0 aromatic heterocycles. The standard InChI is InChI=1S/C25H41NO5/c1-2-3-4-5-6-7-8-9-10-11-12-13-14-15-16-17-21-31-23-20-18-19-22(25(27)28)24(23)26(29)30/h18-20H,2-17,21H2,1H3,(H,27,28). The summed E-state index contributed by atoms with van der Waals surface area (Å²) in [7, 11) is 0. The van der Waals surface area contributed by atoms with Crippen molar-refractivity contribution in [2.24, 2.45) is 0 Å². The van der Waals surface area contributed by atoms with E-state index in [0.29, 0.717) is 6.61 Å². The van der Waals surface area contributed by atoms with Crippen molar-refractivity contribution in [2.75, 3.05) is 6.61 Å². The molecular weight excluding hydrogens is 394 g/mol. The van der Waals surface area contributed by atoms with Crippen molar-refractivity contribution < 1.29 is 19.6 Å². The molecular formula is C25H41NO5. The fraction of sp³-hybridized carbons (Fsp3) is 0.720. The number of carboxylic acid groups (broad SMARTS) is 1. The Kier molecular flexibility index (Phi) is 15.3. The van der Waals surface area contributed by atoms with Gasteiger partial charge in [0, 0.05) is 0 Å². The first-order valence-corrected chi connectivity index (χ1v) is 12.2. The molecule has 1 rings (SSSR count). The zero-order valence-electron chi connectivity index (χ0n) is 19.3. The molecule has 0 aliphatic rings. The van der Waals surface area contributed by atoms with E-state index in [-0.39, 0.29) is 11.3 Å². The van der Waals surface area contributed by atoms with Crippen molar-refractivity contribution in [2.45, 2.75) is 110 Å². The number of para-hydroxylation sites is 1. The minimum Gasteiger partial charge on any atom is -0.487 e. The van der Waals surface area contributed by atoms with E-state index in [0.717, 1.165) is 19.3 Å². The summed E-state index contributed by atoms with van der Waals surface area (Å²) < 4.78 is 5.50. The van der Waals surface area contributed by atoms with Gasteiger partial charge in [-0.3, -0.25) is 10.1 Å². The van der Waals surface area contributed by atoms with E-state index in [4.69, 9.17) is 9.84 Å². The Labute approximate surface area is 187 Å². The van der Waals surface area contributed by atoms with Crippen LogP contribution in [-0.4, -0.2) is 22.6 Å². The van der Waals surface area contributed by atoms with Gasteiger partial charge in [-0.2, -0.15) is 0 Å². The fourth-order valence-corrected chi connectivity index (χ4v) is 3.83. The van der Waals surface area contributed by atoms with Crippen LogP contribution in [0.3, 0.4) is 0 Å². The Balaban J connectivity index is 1.99. The molecule has 0 radical (unpaired) electrons. The molecule has 176 valence electrons. The quantitative estimate of drug-likeness (QED) is 0.127. The number of unbranched alkanes of at least 4 members (excludes halogenated alkanes) is 15. The van der Waals surface area contributed by atoms with Gasteiger partial charge in [0.15, 0.2) is 5.75 Å². The molecule has 31 heavy (non-hydrogen) atoms. The van der Waals surface area contributed by atoms with Crippen molar-refractivity contribution >= 4 is 11.7 Å². The Bertz CT molecular complexity index is 632. The number of hydrogen-bond acceptors (Lipinski definition) is 4. The number of carboxylic acids is 1. The Morgan fingerprint density at radius 1 is 0.839 bits per heavy atom. The van der Waals surface area contributed by atoms with Crippen LogP contribution < -0.4 is 4.74 Å². The van der Waals surface area contributed by atoms with Gasteiger partial charge in [0.2, 0.25) is 0 Å². The van der Waals surface area contributed by atoms with Gasteiger partial charge in [-0.25, -0.2) is 4.79 Å². The maximum atomic E-state index is 11.2. The van der Waals surface area contributed by atoms with Gasteiger partial charge in [0.1, 0.15) is 5.56 Å². The van der Waals surface area contributed by atoms with E-state index < -0.39 is 16.6 Å². The molecule has 1 N–H and O–H groups in total. The number of rotatable bonds is 20. The molecule has 0 aliphatic heterocycles. The summed E-state index contributed by atoms with van der Waals surface area (Å²) in [6, 6.07) is 4.15. The molecule has 1 aromatic rings. The Morgan fingerprint density at radius 2 is 1.29 bits per heavy atom. The van der Waals surface area contributed by atoms with Gasteiger partial charge in [-0.15, -0.1) is 0 Å². The van der Waals surface area contributed by atoms with E-state index in [1.165, 1.54) is 102 Å². The molecule has 0 fully saturated rings. The molecule has 0 unspecified atom stereocenters. The van der Waals surface area contributed by atoms with E-state index in [1.54, 1.807) is 0 Å². The molecule has 0 amide bonds. The number of nitro groups is 1.